The highest BCUT2D eigenvalue weighted by Crippen LogP contribution is 2.16. The monoisotopic (exact) mass is 353 g/mol. The first-order valence-corrected chi connectivity index (χ1v) is 9.04. The lowest BCUT2D eigenvalue weighted by Gasteiger charge is -2.10. The fourth-order valence-corrected chi connectivity index (χ4v) is 3.44. The van der Waals surface area contributed by atoms with Gasteiger partial charge in [0.2, 0.25) is 0 Å². The summed E-state index contributed by atoms with van der Waals surface area (Å²) in [5, 5.41) is 21.4. The zero-order valence-electron chi connectivity index (χ0n) is 11.7. The summed E-state index contributed by atoms with van der Waals surface area (Å²) in [6, 6.07) is 8.30. The minimum atomic E-state index is -0.426. The summed E-state index contributed by atoms with van der Waals surface area (Å²) >= 11 is 8.74. The Balaban J connectivity index is 1.64. The van der Waals surface area contributed by atoms with Crippen LogP contribution in [-0.2, 0) is 5.75 Å². The van der Waals surface area contributed by atoms with E-state index in [1.54, 1.807) is 23.5 Å². The van der Waals surface area contributed by atoms with Crippen LogP contribution in [0.1, 0.15) is 5.56 Å². The molecule has 0 unspecified atom stereocenters. The number of non-ortho nitro benzene ring substituents is 1. The lowest BCUT2D eigenvalue weighted by molar-refractivity contribution is -0.384. The molecular formula is C14H15N3O2S3. The van der Waals surface area contributed by atoms with E-state index < -0.39 is 4.92 Å². The van der Waals surface area contributed by atoms with Crippen molar-refractivity contribution in [3.8, 4) is 0 Å². The van der Waals surface area contributed by atoms with Crippen LogP contribution in [0, 0.1) is 10.1 Å². The number of hydrogen-bond acceptors (Lipinski definition) is 5. The minimum Gasteiger partial charge on any atom is -0.362 e. The molecule has 2 rings (SSSR count). The molecule has 0 radical (unpaired) electrons. The summed E-state index contributed by atoms with van der Waals surface area (Å²) < 4.78 is 0. The van der Waals surface area contributed by atoms with Crippen molar-refractivity contribution in [1.82, 2.24) is 5.32 Å². The number of benzene rings is 1. The second-order valence-corrected chi connectivity index (χ2v) is 6.66. The lowest BCUT2D eigenvalue weighted by Crippen LogP contribution is -2.30. The maximum Gasteiger partial charge on any atom is 0.269 e. The van der Waals surface area contributed by atoms with Crippen LogP contribution in [0.25, 0.3) is 0 Å². The molecule has 1 aromatic heterocycles. The molecule has 5 nitrogen and oxygen atoms in total. The standard InChI is InChI=1S/C14H15N3O2S3/c18-17(19)13-3-1-12(2-4-13)16-14(20)15-6-8-22-10-11-5-7-21-9-11/h1-5,7,9H,6,8,10H2,(H2,15,16,20). The average molecular weight is 353 g/mol. The van der Waals surface area contributed by atoms with Crippen LogP contribution in [0.2, 0.25) is 0 Å². The lowest BCUT2D eigenvalue weighted by atomic mass is 10.3. The Labute approximate surface area is 142 Å². The number of nitro benzene ring substituents is 1. The molecule has 0 aliphatic carbocycles. The second kappa shape index (κ2) is 8.72. The first-order valence-electron chi connectivity index (χ1n) is 6.53. The highest BCUT2D eigenvalue weighted by molar-refractivity contribution is 7.98. The van der Waals surface area contributed by atoms with E-state index in [4.69, 9.17) is 12.2 Å². The Morgan fingerprint density at radius 2 is 2.09 bits per heavy atom. The molecular weight excluding hydrogens is 338 g/mol. The van der Waals surface area contributed by atoms with Gasteiger partial charge in [-0.25, -0.2) is 0 Å². The molecule has 0 aliphatic rings. The van der Waals surface area contributed by atoms with Crippen molar-refractivity contribution in [3.63, 3.8) is 0 Å². The van der Waals surface area contributed by atoms with Crippen LogP contribution >= 0.6 is 35.3 Å². The molecule has 0 saturated carbocycles. The first-order chi connectivity index (χ1) is 10.6. The zero-order valence-corrected chi connectivity index (χ0v) is 14.1. The molecule has 0 spiro atoms. The minimum absolute atomic E-state index is 0.0641. The van der Waals surface area contributed by atoms with Crippen LogP contribution in [0.5, 0.6) is 0 Å². The molecule has 1 heterocycles. The Kier molecular flexibility index (Phi) is 6.63. The van der Waals surface area contributed by atoms with Gasteiger partial charge in [0.15, 0.2) is 5.11 Å². The SMILES string of the molecule is O=[N+]([O-])c1ccc(NC(=S)NCCSCc2ccsc2)cc1. The van der Waals surface area contributed by atoms with E-state index in [9.17, 15) is 10.1 Å². The molecule has 1 aromatic carbocycles. The third-order valence-electron chi connectivity index (χ3n) is 2.72. The largest absolute Gasteiger partial charge is 0.362 e. The molecule has 2 N–H and O–H groups in total. The van der Waals surface area contributed by atoms with Gasteiger partial charge in [-0.3, -0.25) is 10.1 Å². The number of hydrogen-bond donors (Lipinski definition) is 2. The van der Waals surface area contributed by atoms with Gasteiger partial charge in [-0.05, 0) is 46.7 Å². The Hall–Kier alpha value is -1.64. The number of thioether (sulfide) groups is 1. The molecule has 116 valence electrons. The zero-order chi connectivity index (χ0) is 15.8. The smallest absolute Gasteiger partial charge is 0.269 e. The van der Waals surface area contributed by atoms with Gasteiger partial charge >= 0.3 is 0 Å². The number of rotatable bonds is 7. The summed E-state index contributed by atoms with van der Waals surface area (Å²) in [6.07, 6.45) is 0. The van der Waals surface area contributed by atoms with Crippen molar-refractivity contribution in [3.05, 3.63) is 56.8 Å². The van der Waals surface area contributed by atoms with Crippen LogP contribution in [0.3, 0.4) is 0 Å². The molecule has 0 saturated heterocycles. The van der Waals surface area contributed by atoms with Gasteiger partial charge in [-0.15, -0.1) is 0 Å². The summed E-state index contributed by atoms with van der Waals surface area (Å²) in [4.78, 5) is 10.1. The summed E-state index contributed by atoms with van der Waals surface area (Å²) in [7, 11) is 0. The number of nitrogens with zero attached hydrogens (tertiary/aromatic N) is 1. The Bertz CT molecular complexity index is 615. The molecule has 2 aromatic rings. The quantitative estimate of drug-likeness (QED) is 0.341. The van der Waals surface area contributed by atoms with Gasteiger partial charge in [-0.2, -0.15) is 23.1 Å². The fourth-order valence-electron chi connectivity index (χ4n) is 1.64. The number of thiophene rings is 1. The van der Waals surface area contributed by atoms with Gasteiger partial charge < -0.3 is 10.6 Å². The maximum atomic E-state index is 10.6. The maximum absolute atomic E-state index is 10.6. The van der Waals surface area contributed by atoms with Crippen molar-refractivity contribution in [2.24, 2.45) is 0 Å². The van der Waals surface area contributed by atoms with E-state index in [1.807, 2.05) is 11.8 Å². The van der Waals surface area contributed by atoms with Gasteiger partial charge in [0, 0.05) is 35.9 Å². The van der Waals surface area contributed by atoms with E-state index in [1.165, 1.54) is 17.7 Å². The van der Waals surface area contributed by atoms with Gasteiger partial charge in [0.05, 0.1) is 4.92 Å². The molecule has 22 heavy (non-hydrogen) atoms. The van der Waals surface area contributed by atoms with Crippen molar-refractivity contribution < 1.29 is 4.92 Å². The number of nitro groups is 1. The van der Waals surface area contributed by atoms with Gasteiger partial charge in [0.1, 0.15) is 0 Å². The molecule has 0 bridgehead atoms. The molecule has 0 aliphatic heterocycles. The molecule has 0 amide bonds. The first kappa shape index (κ1) is 16.7. The van der Waals surface area contributed by atoms with Gasteiger partial charge in [0.25, 0.3) is 5.69 Å². The third kappa shape index (κ3) is 5.63. The predicted octanol–water partition coefficient (Wildman–Crippen LogP) is 3.88. The van der Waals surface area contributed by atoms with Crippen LogP contribution < -0.4 is 10.6 Å². The number of anilines is 1. The van der Waals surface area contributed by atoms with Crippen LogP contribution in [0.15, 0.2) is 41.1 Å². The van der Waals surface area contributed by atoms with Crippen LogP contribution in [-0.4, -0.2) is 22.3 Å². The molecule has 0 fully saturated rings. The highest BCUT2D eigenvalue weighted by Gasteiger charge is 2.04. The van der Waals surface area contributed by atoms with E-state index in [-0.39, 0.29) is 5.69 Å². The summed E-state index contributed by atoms with van der Waals surface area (Å²) in [6.45, 7) is 0.771. The van der Waals surface area contributed by atoms with Crippen molar-refractivity contribution in [2.75, 3.05) is 17.6 Å². The third-order valence-corrected chi connectivity index (χ3v) is 4.73. The van der Waals surface area contributed by atoms with E-state index in [0.717, 1.165) is 23.7 Å². The average Bonchev–Trinajstić information content (AvgIpc) is 3.00. The second-order valence-electron chi connectivity index (χ2n) is 4.37. The predicted molar refractivity (Wildman–Crippen MR) is 97.8 cm³/mol. The Morgan fingerprint density at radius 3 is 2.73 bits per heavy atom. The normalized spacial score (nSPS) is 10.2. The topological polar surface area (TPSA) is 67.2 Å². The number of nitrogens with one attached hydrogen (secondary N) is 2. The molecule has 0 atom stereocenters. The van der Waals surface area contributed by atoms with E-state index in [0.29, 0.717) is 5.11 Å². The Morgan fingerprint density at radius 1 is 1.32 bits per heavy atom. The van der Waals surface area contributed by atoms with E-state index >= 15 is 0 Å². The summed E-state index contributed by atoms with van der Waals surface area (Å²) in [5.74, 6) is 1.96. The van der Waals surface area contributed by atoms with Crippen molar-refractivity contribution in [2.45, 2.75) is 5.75 Å². The van der Waals surface area contributed by atoms with Crippen molar-refractivity contribution in [1.29, 1.82) is 0 Å². The van der Waals surface area contributed by atoms with Crippen molar-refractivity contribution >= 4 is 51.8 Å². The highest BCUT2D eigenvalue weighted by atomic mass is 32.2. The molecule has 8 heteroatoms. The van der Waals surface area contributed by atoms with Crippen LogP contribution in [0.4, 0.5) is 11.4 Å². The fraction of sp³-hybridized carbons (Fsp3) is 0.214. The number of thiocarbonyl (C=S) groups is 1. The summed E-state index contributed by atoms with van der Waals surface area (Å²) in [5.41, 5.74) is 2.14. The van der Waals surface area contributed by atoms with Gasteiger partial charge in [-0.1, -0.05) is 0 Å². The van der Waals surface area contributed by atoms with E-state index in [2.05, 4.69) is 27.5 Å².